The summed E-state index contributed by atoms with van der Waals surface area (Å²) in [5, 5.41) is 10.5. The summed E-state index contributed by atoms with van der Waals surface area (Å²) in [4.78, 5) is 0. The molecular formula is C17H18BrFO. The predicted molar refractivity (Wildman–Crippen MR) is 83.4 cm³/mol. The second-order valence-corrected chi connectivity index (χ2v) is 5.66. The van der Waals surface area contributed by atoms with Crippen LogP contribution in [0, 0.1) is 5.82 Å². The fourth-order valence-electron chi connectivity index (χ4n) is 2.39. The van der Waals surface area contributed by atoms with Gasteiger partial charge in [-0.05, 0) is 47.2 Å². The molecule has 0 saturated carbocycles. The largest absolute Gasteiger partial charge is 0.384 e. The van der Waals surface area contributed by atoms with E-state index in [2.05, 4.69) is 35.8 Å². The molecule has 0 aliphatic rings. The second-order valence-electron chi connectivity index (χ2n) is 4.80. The maximum absolute atomic E-state index is 13.1. The summed E-state index contributed by atoms with van der Waals surface area (Å²) in [7, 11) is 0. The van der Waals surface area contributed by atoms with Gasteiger partial charge in [0.15, 0.2) is 0 Å². The number of aliphatic hydroxyl groups is 1. The first-order valence-electron chi connectivity index (χ1n) is 6.81. The van der Waals surface area contributed by atoms with Crippen LogP contribution in [0.15, 0.2) is 40.9 Å². The molecule has 0 heterocycles. The van der Waals surface area contributed by atoms with Gasteiger partial charge < -0.3 is 5.11 Å². The zero-order valence-electron chi connectivity index (χ0n) is 11.7. The highest BCUT2D eigenvalue weighted by molar-refractivity contribution is 9.10. The van der Waals surface area contributed by atoms with Crippen LogP contribution >= 0.6 is 15.9 Å². The van der Waals surface area contributed by atoms with Crippen LogP contribution in [0.2, 0.25) is 0 Å². The molecule has 0 aliphatic heterocycles. The topological polar surface area (TPSA) is 20.2 Å². The van der Waals surface area contributed by atoms with E-state index in [0.29, 0.717) is 10.0 Å². The first-order valence-corrected chi connectivity index (χ1v) is 7.60. The molecule has 0 radical (unpaired) electrons. The Bertz CT molecular complexity index is 610. The molecule has 2 rings (SSSR count). The maximum atomic E-state index is 13.1. The predicted octanol–water partition coefficient (Wildman–Crippen LogP) is 4.79. The molecule has 1 nitrogen and oxygen atoms in total. The molecule has 1 atom stereocenters. The smallest absolute Gasteiger partial charge is 0.124 e. The summed E-state index contributed by atoms with van der Waals surface area (Å²) < 4.78 is 13.7. The van der Waals surface area contributed by atoms with Crippen molar-refractivity contribution in [2.75, 3.05) is 0 Å². The molecule has 106 valence electrons. The van der Waals surface area contributed by atoms with Gasteiger partial charge in [-0.2, -0.15) is 0 Å². The minimum atomic E-state index is -0.749. The fourth-order valence-corrected chi connectivity index (χ4v) is 2.96. The van der Waals surface area contributed by atoms with E-state index in [9.17, 15) is 9.50 Å². The molecule has 0 bridgehead atoms. The van der Waals surface area contributed by atoms with Gasteiger partial charge in [-0.3, -0.25) is 0 Å². The van der Waals surface area contributed by atoms with E-state index in [1.54, 1.807) is 6.07 Å². The van der Waals surface area contributed by atoms with Crippen LogP contribution in [-0.2, 0) is 12.8 Å². The van der Waals surface area contributed by atoms with Gasteiger partial charge in [0.25, 0.3) is 0 Å². The van der Waals surface area contributed by atoms with Crippen molar-refractivity contribution in [1.29, 1.82) is 0 Å². The molecule has 0 aromatic heterocycles. The molecule has 1 unspecified atom stereocenters. The molecule has 2 aromatic rings. The van der Waals surface area contributed by atoms with E-state index in [0.717, 1.165) is 18.4 Å². The zero-order chi connectivity index (χ0) is 14.7. The first kappa shape index (κ1) is 15.2. The van der Waals surface area contributed by atoms with Crippen LogP contribution in [0.5, 0.6) is 0 Å². The van der Waals surface area contributed by atoms with Crippen LogP contribution in [0.4, 0.5) is 4.39 Å². The Balaban J connectivity index is 2.40. The maximum Gasteiger partial charge on any atom is 0.124 e. The average Bonchev–Trinajstić information content (AvgIpc) is 2.45. The Labute approximate surface area is 127 Å². The molecule has 0 spiro atoms. The number of hydrogen-bond acceptors (Lipinski definition) is 1. The number of aryl methyl sites for hydroxylation is 2. The third-order valence-electron chi connectivity index (χ3n) is 3.56. The minimum absolute atomic E-state index is 0.316. The highest BCUT2D eigenvalue weighted by Crippen LogP contribution is 2.30. The summed E-state index contributed by atoms with van der Waals surface area (Å²) >= 11 is 3.31. The lowest BCUT2D eigenvalue weighted by Gasteiger charge is -2.16. The number of aliphatic hydroxyl groups excluding tert-OH is 1. The summed E-state index contributed by atoms with van der Waals surface area (Å²) in [5.74, 6) is -0.316. The van der Waals surface area contributed by atoms with Crippen LogP contribution in [0.25, 0.3) is 0 Å². The van der Waals surface area contributed by atoms with Crippen molar-refractivity contribution in [2.45, 2.75) is 32.8 Å². The highest BCUT2D eigenvalue weighted by atomic mass is 79.9. The number of rotatable bonds is 4. The van der Waals surface area contributed by atoms with Crippen molar-refractivity contribution in [3.63, 3.8) is 0 Å². The normalized spacial score (nSPS) is 12.4. The lowest BCUT2D eigenvalue weighted by atomic mass is 9.95. The molecule has 1 N–H and O–H groups in total. The van der Waals surface area contributed by atoms with Gasteiger partial charge in [0.1, 0.15) is 11.9 Å². The van der Waals surface area contributed by atoms with Crippen molar-refractivity contribution in [1.82, 2.24) is 0 Å². The van der Waals surface area contributed by atoms with E-state index in [-0.39, 0.29) is 5.82 Å². The second kappa shape index (κ2) is 6.51. The zero-order valence-corrected chi connectivity index (χ0v) is 13.2. The summed E-state index contributed by atoms with van der Waals surface area (Å²) in [6, 6.07) is 10.4. The molecule has 0 saturated heterocycles. The fraction of sp³-hybridized carbons (Fsp3) is 0.294. The van der Waals surface area contributed by atoms with Crippen LogP contribution in [-0.4, -0.2) is 5.11 Å². The molecular weight excluding hydrogens is 319 g/mol. The molecule has 2 aromatic carbocycles. The number of halogens is 2. The van der Waals surface area contributed by atoms with Gasteiger partial charge in [-0.15, -0.1) is 0 Å². The Morgan fingerprint density at radius 3 is 2.35 bits per heavy atom. The van der Waals surface area contributed by atoms with Gasteiger partial charge in [0.05, 0.1) is 0 Å². The summed E-state index contributed by atoms with van der Waals surface area (Å²) in [6.07, 6.45) is 1.18. The highest BCUT2D eigenvalue weighted by Gasteiger charge is 2.15. The molecule has 0 fully saturated rings. The molecule has 20 heavy (non-hydrogen) atoms. The van der Waals surface area contributed by atoms with E-state index in [1.807, 2.05) is 12.1 Å². The Kier molecular flexibility index (Phi) is 4.95. The van der Waals surface area contributed by atoms with Crippen LogP contribution in [0.1, 0.15) is 42.2 Å². The summed E-state index contributed by atoms with van der Waals surface area (Å²) in [5.41, 5.74) is 4.08. The van der Waals surface area contributed by atoms with Gasteiger partial charge >= 0.3 is 0 Å². The van der Waals surface area contributed by atoms with E-state index < -0.39 is 6.10 Å². The lowest BCUT2D eigenvalue weighted by molar-refractivity contribution is 0.219. The number of hydrogen-bond donors (Lipinski definition) is 1. The third kappa shape index (κ3) is 3.10. The van der Waals surface area contributed by atoms with Crippen molar-refractivity contribution in [3.8, 4) is 0 Å². The van der Waals surface area contributed by atoms with Crippen LogP contribution < -0.4 is 0 Å². The summed E-state index contributed by atoms with van der Waals surface area (Å²) in [6.45, 7) is 4.24. The Hall–Kier alpha value is -1.19. The lowest BCUT2D eigenvalue weighted by Crippen LogP contribution is -2.03. The standard InChI is InChI=1S/C17H18BrFO/c1-3-11-5-6-13(9-12(11)4-2)17(20)15-8-7-14(19)10-16(15)18/h5-10,17,20H,3-4H2,1-2H3. The molecule has 0 amide bonds. The minimum Gasteiger partial charge on any atom is -0.384 e. The average molecular weight is 337 g/mol. The van der Waals surface area contributed by atoms with Crippen molar-refractivity contribution < 1.29 is 9.50 Å². The number of benzene rings is 2. The van der Waals surface area contributed by atoms with Crippen molar-refractivity contribution in [3.05, 3.63) is 68.9 Å². The van der Waals surface area contributed by atoms with Crippen molar-refractivity contribution in [2.24, 2.45) is 0 Å². The monoisotopic (exact) mass is 336 g/mol. The Morgan fingerprint density at radius 1 is 1.05 bits per heavy atom. The molecule has 3 heteroatoms. The molecule has 0 aliphatic carbocycles. The van der Waals surface area contributed by atoms with Gasteiger partial charge in [0.2, 0.25) is 0 Å². The van der Waals surface area contributed by atoms with Gasteiger partial charge in [-0.25, -0.2) is 4.39 Å². The van der Waals surface area contributed by atoms with Gasteiger partial charge in [-0.1, -0.05) is 54.0 Å². The van der Waals surface area contributed by atoms with Gasteiger partial charge in [0, 0.05) is 4.47 Å². The van der Waals surface area contributed by atoms with E-state index in [1.165, 1.54) is 23.3 Å². The van der Waals surface area contributed by atoms with Crippen molar-refractivity contribution >= 4 is 15.9 Å². The first-order chi connectivity index (χ1) is 9.56. The third-order valence-corrected chi connectivity index (χ3v) is 4.25. The van der Waals surface area contributed by atoms with E-state index >= 15 is 0 Å². The quantitative estimate of drug-likeness (QED) is 0.850. The Morgan fingerprint density at radius 2 is 1.75 bits per heavy atom. The van der Waals surface area contributed by atoms with Crippen LogP contribution in [0.3, 0.4) is 0 Å². The van der Waals surface area contributed by atoms with E-state index in [4.69, 9.17) is 0 Å². The SMILES string of the molecule is CCc1ccc(C(O)c2ccc(F)cc2Br)cc1CC.